The molecule has 2 atom stereocenters. The molecule has 0 radical (unpaired) electrons. The molecule has 0 aromatic rings. The fourth-order valence-electron chi connectivity index (χ4n) is 2.17. The van der Waals surface area contributed by atoms with Crippen molar-refractivity contribution in [3.63, 3.8) is 0 Å². The van der Waals surface area contributed by atoms with Crippen LogP contribution < -0.4 is 0 Å². The number of halogens is 1. The van der Waals surface area contributed by atoms with Crippen molar-refractivity contribution in [1.29, 1.82) is 0 Å². The van der Waals surface area contributed by atoms with E-state index in [2.05, 4.69) is 36.7 Å². The Bertz CT molecular complexity index is 186. The lowest BCUT2D eigenvalue weighted by Gasteiger charge is -2.29. The highest BCUT2D eigenvalue weighted by Gasteiger charge is 2.43. The van der Waals surface area contributed by atoms with Crippen LogP contribution in [0.1, 0.15) is 33.6 Å². The van der Waals surface area contributed by atoms with E-state index in [1.807, 2.05) is 0 Å². The van der Waals surface area contributed by atoms with E-state index in [0.29, 0.717) is 17.0 Å². The first-order valence-electron chi connectivity index (χ1n) is 4.58. The molecule has 0 spiro atoms. The van der Waals surface area contributed by atoms with Crippen molar-refractivity contribution in [3.8, 4) is 0 Å². The first-order valence-corrected chi connectivity index (χ1v) is 5.71. The number of carbonyl (C=O) groups excluding carboxylic acids is 1. The first-order chi connectivity index (χ1) is 5.50. The molecule has 1 rings (SSSR count). The van der Waals surface area contributed by atoms with E-state index in [0.717, 1.165) is 6.42 Å². The minimum atomic E-state index is 0.213. The number of hydrogen-bond acceptors (Lipinski definition) is 1. The Balaban J connectivity index is 2.74. The quantitative estimate of drug-likeness (QED) is 0.670. The predicted molar refractivity (Wildman–Crippen MR) is 54.5 cm³/mol. The average molecular weight is 233 g/mol. The lowest BCUT2D eigenvalue weighted by molar-refractivity contribution is -0.123. The summed E-state index contributed by atoms with van der Waals surface area (Å²) < 4.78 is 0. The number of rotatable bonds is 2. The number of alkyl halides is 1. The van der Waals surface area contributed by atoms with Crippen molar-refractivity contribution >= 4 is 21.7 Å². The Hall–Kier alpha value is 0.150. The van der Waals surface area contributed by atoms with E-state index in [4.69, 9.17) is 0 Å². The SMILES string of the molecule is CC1CC[C@H](C(=O)CBr)C1(C)C. The summed E-state index contributed by atoms with van der Waals surface area (Å²) in [5.74, 6) is 1.35. The van der Waals surface area contributed by atoms with Crippen molar-refractivity contribution < 1.29 is 4.79 Å². The number of hydrogen-bond donors (Lipinski definition) is 0. The van der Waals surface area contributed by atoms with Gasteiger partial charge in [-0.25, -0.2) is 0 Å². The Kier molecular flexibility index (Phi) is 2.97. The van der Waals surface area contributed by atoms with E-state index < -0.39 is 0 Å². The van der Waals surface area contributed by atoms with Crippen LogP contribution in [0.4, 0.5) is 0 Å². The standard InChI is InChI=1S/C10H17BrO/c1-7-4-5-8(9(12)6-11)10(7,2)3/h7-8H,4-6H2,1-3H3/t7?,8-/m1/s1. The van der Waals surface area contributed by atoms with Crippen LogP contribution in [0, 0.1) is 17.3 Å². The zero-order valence-electron chi connectivity index (χ0n) is 8.06. The van der Waals surface area contributed by atoms with Crippen molar-refractivity contribution in [2.75, 3.05) is 5.33 Å². The lowest BCUT2D eigenvalue weighted by Crippen LogP contribution is -2.30. The maximum absolute atomic E-state index is 11.5. The molecule has 1 unspecified atom stereocenters. The van der Waals surface area contributed by atoms with E-state index in [-0.39, 0.29) is 11.3 Å². The van der Waals surface area contributed by atoms with Gasteiger partial charge in [0, 0.05) is 5.92 Å². The molecule has 12 heavy (non-hydrogen) atoms. The van der Waals surface area contributed by atoms with Crippen molar-refractivity contribution in [2.45, 2.75) is 33.6 Å². The van der Waals surface area contributed by atoms with Crippen LogP contribution >= 0.6 is 15.9 Å². The van der Waals surface area contributed by atoms with E-state index in [1.165, 1.54) is 6.42 Å². The molecule has 0 aromatic heterocycles. The van der Waals surface area contributed by atoms with Gasteiger partial charge in [0.15, 0.2) is 0 Å². The molecular weight excluding hydrogens is 216 g/mol. The van der Waals surface area contributed by atoms with Crippen LogP contribution in [0.25, 0.3) is 0 Å². The maximum atomic E-state index is 11.5. The molecular formula is C10H17BrO. The first kappa shape index (κ1) is 10.2. The van der Waals surface area contributed by atoms with Gasteiger partial charge in [-0.3, -0.25) is 4.79 Å². The summed E-state index contributed by atoms with van der Waals surface area (Å²) in [6, 6.07) is 0. The smallest absolute Gasteiger partial charge is 0.147 e. The molecule has 0 aliphatic heterocycles. The minimum Gasteiger partial charge on any atom is -0.298 e. The summed E-state index contributed by atoms with van der Waals surface area (Å²) in [4.78, 5) is 11.5. The van der Waals surface area contributed by atoms with Gasteiger partial charge in [0.2, 0.25) is 0 Å². The monoisotopic (exact) mass is 232 g/mol. The van der Waals surface area contributed by atoms with Crippen LogP contribution in [0.5, 0.6) is 0 Å². The molecule has 0 saturated heterocycles. The van der Waals surface area contributed by atoms with Gasteiger partial charge < -0.3 is 0 Å². The topological polar surface area (TPSA) is 17.1 Å². The van der Waals surface area contributed by atoms with Crippen molar-refractivity contribution in [1.82, 2.24) is 0 Å². The molecule has 0 amide bonds. The van der Waals surface area contributed by atoms with Gasteiger partial charge >= 0.3 is 0 Å². The summed E-state index contributed by atoms with van der Waals surface area (Å²) in [7, 11) is 0. The van der Waals surface area contributed by atoms with Crippen LogP contribution in [0.15, 0.2) is 0 Å². The molecule has 70 valence electrons. The largest absolute Gasteiger partial charge is 0.298 e. The van der Waals surface area contributed by atoms with Gasteiger partial charge in [0.25, 0.3) is 0 Å². The Morgan fingerprint density at radius 1 is 1.50 bits per heavy atom. The van der Waals surface area contributed by atoms with Gasteiger partial charge in [-0.15, -0.1) is 0 Å². The molecule has 1 aliphatic carbocycles. The average Bonchev–Trinajstić information content (AvgIpc) is 2.27. The second-order valence-electron chi connectivity index (χ2n) is 4.45. The fraction of sp³-hybridized carbons (Fsp3) is 0.900. The van der Waals surface area contributed by atoms with E-state index >= 15 is 0 Å². The summed E-state index contributed by atoms with van der Waals surface area (Å²) >= 11 is 3.25. The summed E-state index contributed by atoms with van der Waals surface area (Å²) in [6.07, 6.45) is 2.29. The van der Waals surface area contributed by atoms with Crippen LogP contribution in [0.3, 0.4) is 0 Å². The second-order valence-corrected chi connectivity index (χ2v) is 5.01. The van der Waals surface area contributed by atoms with Gasteiger partial charge in [0.1, 0.15) is 5.78 Å². The molecule has 0 aromatic carbocycles. The highest BCUT2D eigenvalue weighted by Crippen LogP contribution is 2.47. The third kappa shape index (κ3) is 1.59. The Labute approximate surface area is 83.0 Å². The highest BCUT2D eigenvalue weighted by atomic mass is 79.9. The minimum absolute atomic E-state index is 0.213. The molecule has 2 heteroatoms. The summed E-state index contributed by atoms with van der Waals surface area (Å²) in [5.41, 5.74) is 0.213. The van der Waals surface area contributed by atoms with Gasteiger partial charge in [-0.05, 0) is 24.2 Å². The molecule has 1 aliphatic rings. The fourth-order valence-corrected chi connectivity index (χ4v) is 2.56. The zero-order chi connectivity index (χ0) is 9.35. The molecule has 1 fully saturated rings. The second kappa shape index (κ2) is 3.49. The maximum Gasteiger partial charge on any atom is 0.147 e. The van der Waals surface area contributed by atoms with Crippen molar-refractivity contribution in [2.24, 2.45) is 17.3 Å². The Morgan fingerprint density at radius 2 is 2.08 bits per heavy atom. The van der Waals surface area contributed by atoms with Crippen molar-refractivity contribution in [3.05, 3.63) is 0 Å². The Morgan fingerprint density at radius 3 is 2.42 bits per heavy atom. The molecule has 1 saturated carbocycles. The normalized spacial score (nSPS) is 33.7. The van der Waals surface area contributed by atoms with Gasteiger partial charge in [-0.1, -0.05) is 36.7 Å². The zero-order valence-corrected chi connectivity index (χ0v) is 9.65. The van der Waals surface area contributed by atoms with Crippen LogP contribution in [-0.2, 0) is 4.79 Å². The van der Waals surface area contributed by atoms with Gasteiger partial charge in [0.05, 0.1) is 5.33 Å². The molecule has 0 N–H and O–H groups in total. The number of carbonyl (C=O) groups is 1. The lowest BCUT2D eigenvalue weighted by atomic mass is 9.75. The molecule has 0 heterocycles. The third-order valence-corrected chi connectivity index (χ3v) is 4.13. The predicted octanol–water partition coefficient (Wildman–Crippen LogP) is 3.02. The number of ketones is 1. The molecule has 1 nitrogen and oxygen atoms in total. The summed E-state index contributed by atoms with van der Waals surface area (Å²) in [6.45, 7) is 6.69. The summed E-state index contributed by atoms with van der Waals surface area (Å²) in [5, 5.41) is 0.522. The third-order valence-electron chi connectivity index (χ3n) is 3.58. The van der Waals surface area contributed by atoms with Crippen LogP contribution in [-0.4, -0.2) is 11.1 Å². The van der Waals surface area contributed by atoms with Crippen LogP contribution in [0.2, 0.25) is 0 Å². The highest BCUT2D eigenvalue weighted by molar-refractivity contribution is 9.09. The van der Waals surface area contributed by atoms with E-state index in [1.54, 1.807) is 0 Å². The molecule has 0 bridgehead atoms. The van der Waals surface area contributed by atoms with Gasteiger partial charge in [-0.2, -0.15) is 0 Å². The van der Waals surface area contributed by atoms with E-state index in [9.17, 15) is 4.79 Å². The number of Topliss-reactive ketones (excluding diaryl/α,β-unsaturated/α-hetero) is 1.